The van der Waals surface area contributed by atoms with Crippen molar-refractivity contribution < 1.29 is 9.53 Å². The average Bonchev–Trinajstić information content (AvgIpc) is 2.83. The molecule has 2 heterocycles. The van der Waals surface area contributed by atoms with Crippen molar-refractivity contribution in [3.8, 4) is 0 Å². The van der Waals surface area contributed by atoms with Gasteiger partial charge in [-0.2, -0.15) is 0 Å². The summed E-state index contributed by atoms with van der Waals surface area (Å²) in [5, 5.41) is 3.02. The van der Waals surface area contributed by atoms with Crippen LogP contribution in [0.25, 0.3) is 0 Å². The second-order valence-electron chi connectivity index (χ2n) is 4.85. The molecule has 0 saturated carbocycles. The van der Waals surface area contributed by atoms with E-state index in [4.69, 9.17) is 4.74 Å². The fourth-order valence-electron chi connectivity index (χ4n) is 2.01. The first kappa shape index (κ1) is 12.0. The van der Waals surface area contributed by atoms with Crippen molar-refractivity contribution in [1.82, 2.24) is 10.3 Å². The van der Waals surface area contributed by atoms with E-state index in [1.54, 1.807) is 12.4 Å². The van der Waals surface area contributed by atoms with E-state index in [0.29, 0.717) is 6.61 Å². The molecule has 4 nitrogen and oxygen atoms in total. The third-order valence-corrected chi connectivity index (χ3v) is 3.06. The number of carbonyl (C=O) groups excluding carboxylic acids is 1. The third-order valence-electron chi connectivity index (χ3n) is 3.06. The Kier molecular flexibility index (Phi) is 3.43. The van der Waals surface area contributed by atoms with Crippen molar-refractivity contribution >= 4 is 5.91 Å². The molecule has 0 spiro atoms. The molecule has 2 rings (SSSR count). The maximum absolute atomic E-state index is 12.0. The Balaban J connectivity index is 2.04. The number of amides is 1. The average molecular weight is 234 g/mol. The van der Waals surface area contributed by atoms with Gasteiger partial charge in [0.05, 0.1) is 5.54 Å². The van der Waals surface area contributed by atoms with Gasteiger partial charge in [-0.3, -0.25) is 9.78 Å². The van der Waals surface area contributed by atoms with Crippen LogP contribution in [0.15, 0.2) is 24.5 Å². The zero-order chi connectivity index (χ0) is 12.3. The standard InChI is InChI=1S/C13H18N2O2/c1-13(2,10-5-7-14-8-6-10)15-12(16)11-4-3-9-17-11/h5-8,11H,3-4,9H2,1-2H3,(H,15,16). The normalized spacial score (nSPS) is 20.2. The van der Waals surface area contributed by atoms with E-state index in [-0.39, 0.29) is 12.0 Å². The van der Waals surface area contributed by atoms with Gasteiger partial charge in [-0.05, 0) is 44.4 Å². The molecule has 1 aliphatic heterocycles. The van der Waals surface area contributed by atoms with Crippen molar-refractivity contribution in [2.24, 2.45) is 0 Å². The SMILES string of the molecule is CC(C)(NC(=O)C1CCCO1)c1ccncc1. The van der Waals surface area contributed by atoms with Crippen molar-refractivity contribution in [3.63, 3.8) is 0 Å². The highest BCUT2D eigenvalue weighted by Crippen LogP contribution is 2.20. The minimum Gasteiger partial charge on any atom is -0.368 e. The maximum Gasteiger partial charge on any atom is 0.249 e. The number of pyridine rings is 1. The summed E-state index contributed by atoms with van der Waals surface area (Å²) in [5.74, 6) is -0.0238. The summed E-state index contributed by atoms with van der Waals surface area (Å²) in [6, 6.07) is 3.82. The van der Waals surface area contributed by atoms with Gasteiger partial charge in [-0.25, -0.2) is 0 Å². The van der Waals surface area contributed by atoms with E-state index >= 15 is 0 Å². The topological polar surface area (TPSA) is 51.2 Å². The number of hydrogen-bond donors (Lipinski definition) is 1. The van der Waals surface area contributed by atoms with Gasteiger partial charge in [-0.1, -0.05) is 0 Å². The molecule has 1 atom stereocenters. The molecule has 1 saturated heterocycles. The van der Waals surface area contributed by atoms with E-state index in [1.165, 1.54) is 0 Å². The van der Waals surface area contributed by atoms with Crippen LogP contribution in [-0.2, 0) is 15.1 Å². The van der Waals surface area contributed by atoms with E-state index in [0.717, 1.165) is 18.4 Å². The van der Waals surface area contributed by atoms with Gasteiger partial charge in [-0.15, -0.1) is 0 Å². The summed E-state index contributed by atoms with van der Waals surface area (Å²) in [4.78, 5) is 16.0. The summed E-state index contributed by atoms with van der Waals surface area (Å²) in [5.41, 5.74) is 0.644. The number of aromatic nitrogens is 1. The number of carbonyl (C=O) groups is 1. The fourth-order valence-corrected chi connectivity index (χ4v) is 2.01. The molecule has 1 fully saturated rings. The highest BCUT2D eigenvalue weighted by molar-refractivity contribution is 5.81. The van der Waals surface area contributed by atoms with E-state index < -0.39 is 5.54 Å². The Labute approximate surface area is 101 Å². The maximum atomic E-state index is 12.0. The number of ether oxygens (including phenoxy) is 1. The predicted octanol–water partition coefficient (Wildman–Crippen LogP) is 1.61. The number of nitrogens with one attached hydrogen (secondary N) is 1. The highest BCUT2D eigenvalue weighted by atomic mass is 16.5. The van der Waals surface area contributed by atoms with Gasteiger partial charge < -0.3 is 10.1 Å². The lowest BCUT2D eigenvalue weighted by Crippen LogP contribution is -2.45. The molecular weight excluding hydrogens is 216 g/mol. The zero-order valence-corrected chi connectivity index (χ0v) is 10.3. The summed E-state index contributed by atoms with van der Waals surface area (Å²) in [6.45, 7) is 4.65. The lowest BCUT2D eigenvalue weighted by molar-refractivity contribution is -0.131. The summed E-state index contributed by atoms with van der Waals surface area (Å²) >= 11 is 0. The molecule has 1 amide bonds. The van der Waals surface area contributed by atoms with Crippen LogP contribution >= 0.6 is 0 Å². The van der Waals surface area contributed by atoms with E-state index in [1.807, 2.05) is 26.0 Å². The number of hydrogen-bond acceptors (Lipinski definition) is 3. The quantitative estimate of drug-likeness (QED) is 0.864. The first-order valence-electron chi connectivity index (χ1n) is 5.94. The molecule has 0 aromatic carbocycles. The first-order chi connectivity index (χ1) is 8.09. The monoisotopic (exact) mass is 234 g/mol. The molecule has 1 aromatic heterocycles. The third kappa shape index (κ3) is 2.82. The van der Waals surface area contributed by atoms with Gasteiger partial charge in [0, 0.05) is 19.0 Å². The first-order valence-corrected chi connectivity index (χ1v) is 5.94. The zero-order valence-electron chi connectivity index (χ0n) is 10.3. The lowest BCUT2D eigenvalue weighted by atomic mass is 9.95. The van der Waals surface area contributed by atoms with Gasteiger partial charge >= 0.3 is 0 Å². The van der Waals surface area contributed by atoms with Gasteiger partial charge in [0.1, 0.15) is 6.10 Å². The summed E-state index contributed by atoms with van der Waals surface area (Å²) in [6.07, 6.45) is 4.97. The molecule has 4 heteroatoms. The van der Waals surface area contributed by atoms with Crippen LogP contribution < -0.4 is 5.32 Å². The summed E-state index contributed by atoms with van der Waals surface area (Å²) < 4.78 is 5.37. The predicted molar refractivity (Wildman–Crippen MR) is 64.4 cm³/mol. The molecule has 1 unspecified atom stereocenters. The van der Waals surface area contributed by atoms with Crippen LogP contribution in [0, 0.1) is 0 Å². The van der Waals surface area contributed by atoms with Crippen LogP contribution in [-0.4, -0.2) is 23.6 Å². The Morgan fingerprint density at radius 2 is 2.18 bits per heavy atom. The molecule has 92 valence electrons. The minimum absolute atomic E-state index is 0.0238. The van der Waals surface area contributed by atoms with Crippen molar-refractivity contribution in [2.45, 2.75) is 38.3 Å². The second kappa shape index (κ2) is 4.84. The molecule has 1 aliphatic rings. The molecule has 0 radical (unpaired) electrons. The van der Waals surface area contributed by atoms with Crippen LogP contribution in [0.1, 0.15) is 32.3 Å². The fraction of sp³-hybridized carbons (Fsp3) is 0.538. The van der Waals surface area contributed by atoms with Crippen LogP contribution in [0.3, 0.4) is 0 Å². The molecule has 0 bridgehead atoms. The molecular formula is C13H18N2O2. The van der Waals surface area contributed by atoms with Gasteiger partial charge in [0.15, 0.2) is 0 Å². The Morgan fingerprint density at radius 3 is 2.76 bits per heavy atom. The van der Waals surface area contributed by atoms with Gasteiger partial charge in [0.25, 0.3) is 0 Å². The van der Waals surface area contributed by atoms with E-state index in [9.17, 15) is 4.79 Å². The minimum atomic E-state index is -0.397. The largest absolute Gasteiger partial charge is 0.368 e. The van der Waals surface area contributed by atoms with Crippen LogP contribution in [0.4, 0.5) is 0 Å². The van der Waals surface area contributed by atoms with Crippen LogP contribution in [0.5, 0.6) is 0 Å². The number of nitrogens with zero attached hydrogens (tertiary/aromatic N) is 1. The molecule has 17 heavy (non-hydrogen) atoms. The summed E-state index contributed by atoms with van der Waals surface area (Å²) in [7, 11) is 0. The Hall–Kier alpha value is -1.42. The van der Waals surface area contributed by atoms with Crippen molar-refractivity contribution in [3.05, 3.63) is 30.1 Å². The van der Waals surface area contributed by atoms with Crippen LogP contribution in [0.2, 0.25) is 0 Å². The Morgan fingerprint density at radius 1 is 1.47 bits per heavy atom. The van der Waals surface area contributed by atoms with Crippen molar-refractivity contribution in [2.75, 3.05) is 6.61 Å². The molecule has 1 aromatic rings. The molecule has 0 aliphatic carbocycles. The highest BCUT2D eigenvalue weighted by Gasteiger charge is 2.29. The lowest BCUT2D eigenvalue weighted by Gasteiger charge is -2.28. The number of rotatable bonds is 3. The van der Waals surface area contributed by atoms with E-state index in [2.05, 4.69) is 10.3 Å². The molecule has 1 N–H and O–H groups in total. The second-order valence-corrected chi connectivity index (χ2v) is 4.85. The van der Waals surface area contributed by atoms with Crippen molar-refractivity contribution in [1.29, 1.82) is 0 Å². The smallest absolute Gasteiger partial charge is 0.249 e. The van der Waals surface area contributed by atoms with Gasteiger partial charge in [0.2, 0.25) is 5.91 Å². The Bertz CT molecular complexity index is 384.